The second-order valence-electron chi connectivity index (χ2n) is 22.2. The van der Waals surface area contributed by atoms with Crippen LogP contribution in [-0.4, -0.2) is 189 Å². The van der Waals surface area contributed by atoms with Gasteiger partial charge in [-0.25, -0.2) is 0 Å². The Bertz CT molecular complexity index is 2050. The minimum absolute atomic E-state index is 0.0105. The van der Waals surface area contributed by atoms with Crippen molar-refractivity contribution >= 4 is 17.9 Å². The van der Waals surface area contributed by atoms with E-state index in [2.05, 4.69) is 26.5 Å². The Kier molecular flexibility index (Phi) is 14.8. The summed E-state index contributed by atoms with van der Waals surface area (Å²) < 4.78 is 67.5. The van der Waals surface area contributed by atoms with E-state index in [1.807, 2.05) is 6.92 Å². The molecule has 0 bridgehead atoms. The highest BCUT2D eigenvalue weighted by Gasteiger charge is 2.72. The molecule has 5 heterocycles. The van der Waals surface area contributed by atoms with Gasteiger partial charge in [0.15, 0.2) is 37.2 Å². The topological polar surface area (TPSA) is 294 Å². The number of aliphatic hydroxyl groups excluding tert-OH is 7. The maximum atomic E-state index is 12.5. The van der Waals surface area contributed by atoms with Crippen LogP contribution in [0.15, 0.2) is 23.8 Å². The van der Waals surface area contributed by atoms with Gasteiger partial charge in [-0.05, 0) is 80.6 Å². The minimum atomic E-state index is -1.61. The summed E-state index contributed by atoms with van der Waals surface area (Å²) in [6.45, 7) is 16.8. The number of esters is 3. The van der Waals surface area contributed by atoms with Gasteiger partial charge in [0, 0.05) is 38.5 Å². The number of hydrogen-bond donors (Lipinski definition) is 7. The van der Waals surface area contributed by atoms with Gasteiger partial charge in [-0.2, -0.15) is 0 Å². The van der Waals surface area contributed by atoms with E-state index >= 15 is 0 Å². The first kappa shape index (κ1) is 53.1. The Hall–Kier alpha value is -2.71. The molecule has 27 atom stereocenters. The number of allylic oxidation sites excluding steroid dienone is 1. The van der Waals surface area contributed by atoms with Crippen LogP contribution in [0.4, 0.5) is 0 Å². The number of carbonyl (C=O) groups is 3. The molecule has 8 fully saturated rings. The molecule has 0 amide bonds. The van der Waals surface area contributed by atoms with Gasteiger partial charge in [0.2, 0.25) is 5.79 Å². The number of ether oxygens (including phenoxy) is 11. The summed E-state index contributed by atoms with van der Waals surface area (Å²) in [5.41, 5.74) is 0.561. The molecule has 0 aromatic rings. The molecule has 21 nitrogen and oxygen atoms in total. The Morgan fingerprint density at radius 3 is 2.08 bits per heavy atom. The average Bonchev–Trinajstić information content (AvgIpc) is 3.76. The van der Waals surface area contributed by atoms with E-state index in [0.29, 0.717) is 18.4 Å². The van der Waals surface area contributed by atoms with Crippen molar-refractivity contribution in [3.05, 3.63) is 23.8 Å². The van der Waals surface area contributed by atoms with Crippen molar-refractivity contribution in [2.45, 2.75) is 216 Å². The molecular weight excluding hydrogens is 937 g/mol. The molecule has 4 aliphatic carbocycles. The smallest absolute Gasteiger partial charge is 0.303 e. The van der Waals surface area contributed by atoms with Crippen LogP contribution in [0.25, 0.3) is 0 Å². The molecule has 9 aliphatic rings. The highest BCUT2D eigenvalue weighted by atomic mass is 16.8. The molecule has 0 radical (unpaired) electrons. The molecule has 1 spiro atoms. The van der Waals surface area contributed by atoms with E-state index < -0.39 is 140 Å². The third-order valence-corrected chi connectivity index (χ3v) is 18.1. The van der Waals surface area contributed by atoms with Gasteiger partial charge in [-0.3, -0.25) is 14.4 Å². The summed E-state index contributed by atoms with van der Waals surface area (Å²) in [7, 11) is 0. The predicted octanol–water partition coefficient (Wildman–Crippen LogP) is 0.426. The molecular formula is C50H74O21. The monoisotopic (exact) mass is 1010 g/mol. The summed E-state index contributed by atoms with van der Waals surface area (Å²) in [6, 6.07) is 0. The molecule has 16 unspecified atom stereocenters. The lowest BCUT2D eigenvalue weighted by molar-refractivity contribution is -0.363. The highest BCUT2D eigenvalue weighted by Crippen LogP contribution is 2.71. The third-order valence-electron chi connectivity index (χ3n) is 18.1. The fourth-order valence-corrected chi connectivity index (χ4v) is 14.7. The first-order valence-corrected chi connectivity index (χ1v) is 25.3. The van der Waals surface area contributed by atoms with Gasteiger partial charge in [-0.1, -0.05) is 39.0 Å². The second kappa shape index (κ2) is 19.8. The van der Waals surface area contributed by atoms with E-state index in [1.165, 1.54) is 6.92 Å². The Morgan fingerprint density at radius 2 is 1.39 bits per heavy atom. The molecule has 0 aromatic carbocycles. The second-order valence-corrected chi connectivity index (χ2v) is 22.2. The maximum absolute atomic E-state index is 12.5. The van der Waals surface area contributed by atoms with Gasteiger partial charge < -0.3 is 87.9 Å². The van der Waals surface area contributed by atoms with Crippen molar-refractivity contribution in [3.8, 4) is 0 Å². The third kappa shape index (κ3) is 9.02. The summed E-state index contributed by atoms with van der Waals surface area (Å²) in [6.07, 6.45) is -17.4. The van der Waals surface area contributed by atoms with E-state index in [-0.39, 0.29) is 60.7 Å². The first-order valence-electron chi connectivity index (χ1n) is 25.3. The number of carbonyl (C=O) groups excluding carboxylic acids is 3. The quantitative estimate of drug-likeness (QED) is 0.0936. The zero-order chi connectivity index (χ0) is 51.4. The zero-order valence-electron chi connectivity index (χ0n) is 41.6. The van der Waals surface area contributed by atoms with E-state index in [0.717, 1.165) is 38.7 Å². The molecule has 5 aliphatic heterocycles. The number of rotatable bonds is 9. The van der Waals surface area contributed by atoms with E-state index in [1.54, 1.807) is 13.8 Å². The average molecular weight is 1010 g/mol. The van der Waals surface area contributed by atoms with Gasteiger partial charge in [0.1, 0.15) is 48.8 Å². The van der Waals surface area contributed by atoms with Crippen molar-refractivity contribution in [3.63, 3.8) is 0 Å². The van der Waals surface area contributed by atoms with Gasteiger partial charge >= 0.3 is 17.9 Å². The van der Waals surface area contributed by atoms with E-state index in [4.69, 9.17) is 52.1 Å². The molecule has 9 rings (SSSR count). The molecule has 400 valence electrons. The lowest BCUT2D eigenvalue weighted by Gasteiger charge is -2.60. The van der Waals surface area contributed by atoms with Crippen LogP contribution in [0.2, 0.25) is 0 Å². The van der Waals surface area contributed by atoms with Crippen LogP contribution in [-0.2, 0) is 66.5 Å². The molecule has 5 saturated heterocycles. The summed E-state index contributed by atoms with van der Waals surface area (Å²) >= 11 is 0. The van der Waals surface area contributed by atoms with Crippen LogP contribution >= 0.6 is 0 Å². The summed E-state index contributed by atoms with van der Waals surface area (Å²) in [5.74, 6) is -3.71. The Labute approximate surface area is 412 Å². The van der Waals surface area contributed by atoms with Crippen molar-refractivity contribution in [1.29, 1.82) is 0 Å². The summed E-state index contributed by atoms with van der Waals surface area (Å²) in [5, 5.41) is 77.7. The number of aliphatic hydroxyl groups is 7. The van der Waals surface area contributed by atoms with Crippen molar-refractivity contribution in [1.82, 2.24) is 0 Å². The van der Waals surface area contributed by atoms with Crippen molar-refractivity contribution in [2.75, 3.05) is 13.2 Å². The zero-order valence-corrected chi connectivity index (χ0v) is 41.6. The van der Waals surface area contributed by atoms with E-state index in [9.17, 15) is 50.1 Å². The fourth-order valence-electron chi connectivity index (χ4n) is 14.7. The first-order chi connectivity index (χ1) is 33.4. The Balaban J connectivity index is 0.945. The number of fused-ring (bicyclic) bond motifs is 7. The van der Waals surface area contributed by atoms with Crippen LogP contribution < -0.4 is 0 Å². The van der Waals surface area contributed by atoms with Gasteiger partial charge in [0.05, 0.1) is 43.7 Å². The lowest BCUT2D eigenvalue weighted by atomic mass is 9.46. The van der Waals surface area contributed by atoms with Crippen LogP contribution in [0.3, 0.4) is 0 Å². The molecule has 3 saturated carbocycles. The van der Waals surface area contributed by atoms with Gasteiger partial charge in [-0.15, -0.1) is 0 Å². The lowest BCUT2D eigenvalue weighted by Crippen LogP contribution is -2.65. The maximum Gasteiger partial charge on any atom is 0.303 e. The van der Waals surface area contributed by atoms with Crippen LogP contribution in [0.1, 0.15) is 93.9 Å². The predicted molar refractivity (Wildman–Crippen MR) is 240 cm³/mol. The largest absolute Gasteiger partial charge is 0.456 e. The van der Waals surface area contributed by atoms with Crippen LogP contribution in [0, 0.1) is 40.4 Å². The summed E-state index contributed by atoms with van der Waals surface area (Å²) in [4.78, 5) is 37.0. The molecule has 7 N–H and O–H groups in total. The minimum Gasteiger partial charge on any atom is -0.456 e. The van der Waals surface area contributed by atoms with Crippen molar-refractivity contribution in [2.24, 2.45) is 40.4 Å². The fraction of sp³-hybridized carbons (Fsp3) is 0.860. The standard InChI is InChI=1S/C50H74O21/c1-19-17-62-50(44(60)39(19)69-45-38(59)37(58)35(56)21(3)63-45)20(2)34-32(71-50)16-30-28-11-10-26-14-27(54)15-33(49(26,9)29(28)12-13-48(30,34)8)68-46-41(36(57)31(55)18-61-46)70-47-43(67-25(7)53)42(66-24(6)52)40(22(4)64-47)65-23(5)51/h10,20-22,27-47,54-60H,1,11-18H2,2-9H3/t20-,21?,22?,27+,28+,29-,30-,31?,32-,33+,34-,35?,36?,37?,38?,39?,40?,41?,42?,43?,44?,45?,46?,47?,48-,49-,50-/m0/s1. The normalized spacial score (nSPS) is 52.6. The van der Waals surface area contributed by atoms with Crippen LogP contribution in [0.5, 0.6) is 0 Å². The Morgan fingerprint density at radius 1 is 0.732 bits per heavy atom. The highest BCUT2D eigenvalue weighted by molar-refractivity contribution is 5.68. The molecule has 21 heteroatoms. The SMILES string of the molecule is C=C1CO[C@@]2(O[C@H]3C[C@H]4[C@@H]5CC=C6C[C@@H](O)C[C@@H](OC7OCC(O)C(O)C7OC7OC(C)C(OC(C)=O)C(OC(C)=O)C7OC(C)=O)[C@]6(C)[C@H]5CC[C@]4(C)[C@H]3[C@@H]2C)C(O)C1OC1OC(C)C(O)C(O)C1O. The molecule has 0 aromatic heterocycles. The van der Waals surface area contributed by atoms with Gasteiger partial charge in [0.25, 0.3) is 0 Å². The molecule has 71 heavy (non-hydrogen) atoms. The van der Waals surface area contributed by atoms with Crippen molar-refractivity contribution < 1.29 is 102 Å². The number of hydrogen-bond acceptors (Lipinski definition) is 21.